The van der Waals surface area contributed by atoms with Gasteiger partial charge in [-0.15, -0.1) is 12.4 Å². The molecule has 0 atom stereocenters. The van der Waals surface area contributed by atoms with Crippen molar-refractivity contribution in [3.05, 3.63) is 28.8 Å². The van der Waals surface area contributed by atoms with Crippen LogP contribution in [0.25, 0.3) is 0 Å². The zero-order valence-electron chi connectivity index (χ0n) is 11.0. The van der Waals surface area contributed by atoms with E-state index in [1.807, 2.05) is 0 Å². The second-order valence-corrected chi connectivity index (χ2v) is 6.17. The average molecular weight is 367 g/mol. The molecule has 0 heterocycles. The van der Waals surface area contributed by atoms with E-state index in [1.54, 1.807) is 7.05 Å². The van der Waals surface area contributed by atoms with E-state index in [4.69, 9.17) is 11.6 Å². The van der Waals surface area contributed by atoms with E-state index in [9.17, 15) is 21.6 Å². The summed E-state index contributed by atoms with van der Waals surface area (Å²) in [4.78, 5) is -0.460. The van der Waals surface area contributed by atoms with Gasteiger partial charge in [0.05, 0.1) is 15.5 Å². The van der Waals surface area contributed by atoms with Crippen LogP contribution in [0.4, 0.5) is 13.2 Å². The van der Waals surface area contributed by atoms with Crippen LogP contribution in [0.1, 0.15) is 12.0 Å². The number of sulfonamides is 1. The third-order valence-electron chi connectivity index (χ3n) is 2.45. The highest BCUT2D eigenvalue weighted by atomic mass is 35.5. The summed E-state index contributed by atoms with van der Waals surface area (Å²) in [6.07, 6.45) is -4.18. The van der Waals surface area contributed by atoms with Gasteiger partial charge in [-0.25, -0.2) is 13.1 Å². The number of nitrogens with one attached hydrogen (secondary N) is 2. The monoisotopic (exact) mass is 366 g/mol. The molecule has 0 aromatic heterocycles. The predicted molar refractivity (Wildman–Crippen MR) is 77.4 cm³/mol. The molecule has 0 saturated carbocycles. The van der Waals surface area contributed by atoms with Crippen LogP contribution < -0.4 is 10.0 Å². The van der Waals surface area contributed by atoms with Gasteiger partial charge in [-0.05, 0) is 38.2 Å². The summed E-state index contributed by atoms with van der Waals surface area (Å²) in [6.45, 7) is 0.726. The summed E-state index contributed by atoms with van der Waals surface area (Å²) in [5.41, 5.74) is -1.17. The molecular formula is C11H15Cl2F3N2O2S. The van der Waals surface area contributed by atoms with Crippen molar-refractivity contribution in [2.24, 2.45) is 0 Å². The zero-order chi connectivity index (χ0) is 15.4. The maximum absolute atomic E-state index is 12.7. The minimum Gasteiger partial charge on any atom is -0.320 e. The fraction of sp³-hybridized carbons (Fsp3) is 0.455. The van der Waals surface area contributed by atoms with Crippen molar-refractivity contribution < 1.29 is 21.6 Å². The first kappa shape index (κ1) is 20.5. The molecule has 0 amide bonds. The van der Waals surface area contributed by atoms with Crippen LogP contribution in [0.3, 0.4) is 0 Å². The molecule has 4 nitrogen and oxygen atoms in total. The molecule has 0 spiro atoms. The van der Waals surface area contributed by atoms with Crippen LogP contribution >= 0.6 is 24.0 Å². The van der Waals surface area contributed by atoms with Gasteiger partial charge in [-0.1, -0.05) is 11.6 Å². The molecule has 0 saturated heterocycles. The Labute approximate surface area is 132 Å². The summed E-state index contributed by atoms with van der Waals surface area (Å²) in [5, 5.41) is 2.29. The van der Waals surface area contributed by atoms with Gasteiger partial charge in [0.15, 0.2) is 0 Å². The Kier molecular flexibility index (Phi) is 7.98. The standard InChI is InChI=1S/C11H14ClF3N2O2S.ClH/c1-16-5-2-6-17-20(18,19)8-3-4-10(12)9(7-8)11(13,14)15;/h3-4,7,16-17H,2,5-6H2,1H3;1H. The van der Waals surface area contributed by atoms with Gasteiger partial charge in [-0.2, -0.15) is 13.2 Å². The topological polar surface area (TPSA) is 58.2 Å². The van der Waals surface area contributed by atoms with Crippen LogP contribution in [0.5, 0.6) is 0 Å². The molecule has 1 aromatic rings. The highest BCUT2D eigenvalue weighted by Gasteiger charge is 2.34. The molecule has 0 aliphatic rings. The van der Waals surface area contributed by atoms with Crippen molar-refractivity contribution in [1.82, 2.24) is 10.0 Å². The zero-order valence-corrected chi connectivity index (χ0v) is 13.4. The third-order valence-corrected chi connectivity index (χ3v) is 4.24. The van der Waals surface area contributed by atoms with E-state index in [0.717, 1.165) is 12.1 Å². The lowest BCUT2D eigenvalue weighted by Gasteiger charge is -2.12. The molecule has 0 fully saturated rings. The van der Waals surface area contributed by atoms with E-state index >= 15 is 0 Å². The van der Waals surface area contributed by atoms with Gasteiger partial charge in [-0.3, -0.25) is 0 Å². The molecule has 1 rings (SSSR count). The predicted octanol–water partition coefficient (Wildman–Crippen LogP) is 2.67. The number of hydrogen-bond acceptors (Lipinski definition) is 3. The number of halogens is 5. The molecular weight excluding hydrogens is 352 g/mol. The van der Waals surface area contributed by atoms with E-state index in [-0.39, 0.29) is 19.0 Å². The summed E-state index contributed by atoms with van der Waals surface area (Å²) in [6, 6.07) is 2.49. The molecule has 122 valence electrons. The molecule has 21 heavy (non-hydrogen) atoms. The fourth-order valence-electron chi connectivity index (χ4n) is 1.44. The van der Waals surface area contributed by atoms with Crippen molar-refractivity contribution in [1.29, 1.82) is 0 Å². The average Bonchev–Trinajstić information content (AvgIpc) is 2.33. The molecule has 10 heteroatoms. The molecule has 2 N–H and O–H groups in total. The maximum Gasteiger partial charge on any atom is 0.417 e. The van der Waals surface area contributed by atoms with Gasteiger partial charge in [0.25, 0.3) is 0 Å². The van der Waals surface area contributed by atoms with Gasteiger partial charge in [0, 0.05) is 6.54 Å². The first-order valence-electron chi connectivity index (χ1n) is 5.69. The van der Waals surface area contributed by atoms with E-state index in [1.165, 1.54) is 0 Å². The van der Waals surface area contributed by atoms with E-state index in [2.05, 4.69) is 10.0 Å². The Morgan fingerprint density at radius 3 is 2.38 bits per heavy atom. The van der Waals surface area contributed by atoms with Gasteiger partial charge in [0.2, 0.25) is 10.0 Å². The highest BCUT2D eigenvalue weighted by molar-refractivity contribution is 7.89. The first-order valence-corrected chi connectivity index (χ1v) is 7.55. The second kappa shape index (κ2) is 8.19. The lowest BCUT2D eigenvalue weighted by Crippen LogP contribution is -2.27. The summed E-state index contributed by atoms with van der Waals surface area (Å²) >= 11 is 5.43. The van der Waals surface area contributed by atoms with Crippen LogP contribution in [-0.4, -0.2) is 28.6 Å². The Morgan fingerprint density at radius 2 is 1.86 bits per heavy atom. The second-order valence-electron chi connectivity index (χ2n) is 3.99. The van der Waals surface area contributed by atoms with Gasteiger partial charge >= 0.3 is 6.18 Å². The highest BCUT2D eigenvalue weighted by Crippen LogP contribution is 2.35. The fourth-order valence-corrected chi connectivity index (χ4v) is 2.77. The molecule has 0 unspecified atom stereocenters. The Balaban J connectivity index is 0.00000400. The maximum atomic E-state index is 12.7. The number of rotatable bonds is 6. The summed E-state index contributed by atoms with van der Waals surface area (Å²) in [5.74, 6) is 0. The van der Waals surface area contributed by atoms with Crippen molar-refractivity contribution in [3.63, 3.8) is 0 Å². The van der Waals surface area contributed by atoms with Crippen molar-refractivity contribution in [3.8, 4) is 0 Å². The molecule has 0 bridgehead atoms. The minimum atomic E-state index is -4.70. The summed E-state index contributed by atoms with van der Waals surface area (Å²) < 4.78 is 63.9. The summed E-state index contributed by atoms with van der Waals surface area (Å²) in [7, 11) is -2.27. The van der Waals surface area contributed by atoms with E-state index < -0.39 is 31.7 Å². The Bertz CT molecular complexity index is 565. The van der Waals surface area contributed by atoms with Crippen molar-refractivity contribution in [2.75, 3.05) is 20.1 Å². The Morgan fingerprint density at radius 1 is 1.24 bits per heavy atom. The molecule has 0 radical (unpaired) electrons. The minimum absolute atomic E-state index is 0. The Hall–Kier alpha value is -0.540. The van der Waals surface area contributed by atoms with E-state index in [0.29, 0.717) is 19.0 Å². The van der Waals surface area contributed by atoms with Crippen LogP contribution in [0.15, 0.2) is 23.1 Å². The van der Waals surface area contributed by atoms with Crippen LogP contribution in [-0.2, 0) is 16.2 Å². The van der Waals surface area contributed by atoms with Gasteiger partial charge < -0.3 is 5.32 Å². The van der Waals surface area contributed by atoms with Crippen LogP contribution in [0, 0.1) is 0 Å². The third kappa shape index (κ3) is 5.99. The number of alkyl halides is 3. The smallest absolute Gasteiger partial charge is 0.320 e. The SMILES string of the molecule is CNCCCNS(=O)(=O)c1ccc(Cl)c(C(F)(F)F)c1.Cl. The number of hydrogen-bond donors (Lipinski definition) is 2. The lowest BCUT2D eigenvalue weighted by molar-refractivity contribution is -0.137. The first-order chi connectivity index (χ1) is 9.18. The van der Waals surface area contributed by atoms with Crippen molar-refractivity contribution >= 4 is 34.0 Å². The number of benzene rings is 1. The lowest BCUT2D eigenvalue weighted by atomic mass is 10.2. The van der Waals surface area contributed by atoms with Gasteiger partial charge in [0.1, 0.15) is 0 Å². The largest absolute Gasteiger partial charge is 0.417 e. The van der Waals surface area contributed by atoms with Crippen molar-refractivity contribution in [2.45, 2.75) is 17.5 Å². The normalized spacial score (nSPS) is 12.0. The molecule has 0 aliphatic heterocycles. The molecule has 1 aromatic carbocycles. The van der Waals surface area contributed by atoms with Crippen LogP contribution in [0.2, 0.25) is 5.02 Å². The quantitative estimate of drug-likeness (QED) is 0.761. The molecule has 0 aliphatic carbocycles.